The monoisotopic (exact) mass is 722 g/mol. The first-order valence-corrected chi connectivity index (χ1v) is 17.5. The van der Waals surface area contributed by atoms with Crippen LogP contribution < -0.4 is 0 Å². The van der Waals surface area contributed by atoms with E-state index in [1.807, 2.05) is 146 Å². The standard InChI is InChI=1S/C42H43BrO6/c1-30-24-35(43)22-23-36(30)38(44)40-42(48-28-34-20-12-5-13-21-34)41(47-27-33-18-10-4-11-19-33)39(46-26-32-16-8-3-9-17-32)37(49-40)29-45-25-31-14-6-2-7-15-31/h2-24,37-42,44H,25-29H2,1H3/t37-,38?,39+,40+,41+,42+/m0/s1. The molecule has 7 heteroatoms. The van der Waals surface area contributed by atoms with Gasteiger partial charge in [0.05, 0.1) is 33.0 Å². The molecule has 6 atom stereocenters. The smallest absolute Gasteiger partial charge is 0.117 e. The lowest BCUT2D eigenvalue weighted by Crippen LogP contribution is -2.62. The number of aliphatic hydroxyl groups excluding tert-OH is 1. The van der Waals surface area contributed by atoms with Gasteiger partial charge < -0.3 is 28.8 Å². The van der Waals surface area contributed by atoms with Crippen LogP contribution in [0.5, 0.6) is 0 Å². The van der Waals surface area contributed by atoms with Crippen molar-refractivity contribution in [3.05, 3.63) is 177 Å². The van der Waals surface area contributed by atoms with Crippen molar-refractivity contribution in [3.8, 4) is 0 Å². The molecule has 6 nitrogen and oxygen atoms in total. The first kappa shape index (κ1) is 35.2. The molecule has 49 heavy (non-hydrogen) atoms. The van der Waals surface area contributed by atoms with Crippen LogP contribution in [-0.4, -0.2) is 42.2 Å². The Labute approximate surface area is 297 Å². The predicted octanol–water partition coefficient (Wildman–Crippen LogP) is 8.53. The Kier molecular flexibility index (Phi) is 12.8. The van der Waals surface area contributed by atoms with E-state index in [1.54, 1.807) is 0 Å². The van der Waals surface area contributed by atoms with E-state index in [9.17, 15) is 5.11 Å². The van der Waals surface area contributed by atoms with Crippen molar-refractivity contribution < 1.29 is 28.8 Å². The lowest BCUT2D eigenvalue weighted by molar-refractivity contribution is -0.287. The van der Waals surface area contributed by atoms with Gasteiger partial charge in [-0.3, -0.25) is 0 Å². The normalized spacial score (nSPS) is 21.3. The molecule has 1 unspecified atom stereocenters. The summed E-state index contributed by atoms with van der Waals surface area (Å²) in [4.78, 5) is 0. The fraction of sp³-hybridized carbons (Fsp3) is 0.286. The number of rotatable bonds is 15. The summed E-state index contributed by atoms with van der Waals surface area (Å²) in [6.45, 7) is 3.62. The van der Waals surface area contributed by atoms with Gasteiger partial charge in [-0.2, -0.15) is 0 Å². The Bertz CT molecular complexity index is 1690. The number of aryl methyl sites for hydroxylation is 1. The fourth-order valence-electron chi connectivity index (χ4n) is 6.23. The molecule has 0 aliphatic carbocycles. The Morgan fingerprint density at radius 3 is 1.53 bits per heavy atom. The fourth-order valence-corrected chi connectivity index (χ4v) is 6.70. The Balaban J connectivity index is 1.36. The zero-order chi connectivity index (χ0) is 33.8. The Morgan fingerprint density at radius 1 is 0.592 bits per heavy atom. The van der Waals surface area contributed by atoms with E-state index in [0.717, 1.165) is 37.9 Å². The summed E-state index contributed by atoms with van der Waals surface area (Å²) < 4.78 is 34.5. The molecule has 5 aromatic rings. The molecule has 0 bridgehead atoms. The molecule has 1 aliphatic heterocycles. The molecule has 0 amide bonds. The van der Waals surface area contributed by atoms with Gasteiger partial charge in [0, 0.05) is 4.47 Å². The van der Waals surface area contributed by atoms with E-state index < -0.39 is 36.6 Å². The third-order valence-electron chi connectivity index (χ3n) is 8.78. The van der Waals surface area contributed by atoms with Crippen molar-refractivity contribution in [2.45, 2.75) is 70.0 Å². The molecule has 1 N–H and O–H groups in total. The van der Waals surface area contributed by atoms with E-state index >= 15 is 0 Å². The maximum Gasteiger partial charge on any atom is 0.117 e. The van der Waals surface area contributed by atoms with E-state index in [4.69, 9.17) is 23.7 Å². The predicted molar refractivity (Wildman–Crippen MR) is 194 cm³/mol. The Morgan fingerprint density at radius 2 is 1.04 bits per heavy atom. The molecular weight excluding hydrogens is 680 g/mol. The summed E-state index contributed by atoms with van der Waals surface area (Å²) in [6.07, 6.45) is -4.24. The van der Waals surface area contributed by atoms with Crippen LogP contribution in [-0.2, 0) is 50.1 Å². The van der Waals surface area contributed by atoms with Gasteiger partial charge in [0.2, 0.25) is 0 Å². The summed E-state index contributed by atoms with van der Waals surface area (Å²) >= 11 is 3.57. The molecular formula is C42H43BrO6. The van der Waals surface area contributed by atoms with Crippen LogP contribution in [0.25, 0.3) is 0 Å². The minimum atomic E-state index is -1.01. The molecule has 0 saturated carbocycles. The van der Waals surface area contributed by atoms with Crippen molar-refractivity contribution in [3.63, 3.8) is 0 Å². The average Bonchev–Trinajstić information content (AvgIpc) is 3.14. The average molecular weight is 724 g/mol. The van der Waals surface area contributed by atoms with Crippen molar-refractivity contribution in [1.82, 2.24) is 0 Å². The molecule has 1 aliphatic rings. The second-order valence-electron chi connectivity index (χ2n) is 12.4. The number of benzene rings is 5. The number of ether oxygens (including phenoxy) is 5. The molecule has 254 valence electrons. The molecule has 0 aromatic heterocycles. The quantitative estimate of drug-likeness (QED) is 0.117. The van der Waals surface area contributed by atoms with Crippen LogP contribution in [0.3, 0.4) is 0 Å². The van der Waals surface area contributed by atoms with Crippen LogP contribution in [0.2, 0.25) is 0 Å². The Hall–Kier alpha value is -3.66. The minimum Gasteiger partial charge on any atom is -0.386 e. The SMILES string of the molecule is Cc1cc(Br)ccc1C(O)[C@H]1O[C@@H](COCc2ccccc2)[C@@H](OCc2ccccc2)[C@@H](OCc2ccccc2)[C@@H]1OCc1ccccc1. The highest BCUT2D eigenvalue weighted by atomic mass is 79.9. The van der Waals surface area contributed by atoms with Gasteiger partial charge in [-0.15, -0.1) is 0 Å². The lowest BCUT2D eigenvalue weighted by Gasteiger charge is -2.47. The number of aliphatic hydroxyl groups is 1. The van der Waals surface area contributed by atoms with E-state index in [0.29, 0.717) is 26.4 Å². The molecule has 1 heterocycles. The van der Waals surface area contributed by atoms with Gasteiger partial charge in [-0.25, -0.2) is 0 Å². The van der Waals surface area contributed by atoms with Crippen molar-refractivity contribution in [2.75, 3.05) is 6.61 Å². The van der Waals surface area contributed by atoms with E-state index in [2.05, 4.69) is 15.9 Å². The first-order valence-electron chi connectivity index (χ1n) is 16.7. The number of hydrogen-bond donors (Lipinski definition) is 1. The van der Waals surface area contributed by atoms with Gasteiger partial charge in [0.1, 0.15) is 36.6 Å². The van der Waals surface area contributed by atoms with Gasteiger partial charge in [-0.05, 0) is 52.4 Å². The van der Waals surface area contributed by atoms with E-state index in [-0.39, 0.29) is 6.61 Å². The molecule has 1 saturated heterocycles. The highest BCUT2D eigenvalue weighted by Crippen LogP contribution is 2.37. The topological polar surface area (TPSA) is 66.4 Å². The van der Waals surface area contributed by atoms with Gasteiger partial charge in [-0.1, -0.05) is 143 Å². The molecule has 0 spiro atoms. The largest absolute Gasteiger partial charge is 0.386 e. The number of halogens is 1. The summed E-state index contributed by atoms with van der Waals surface area (Å²) in [7, 11) is 0. The molecule has 5 aromatic carbocycles. The molecule has 0 radical (unpaired) electrons. The summed E-state index contributed by atoms with van der Waals surface area (Å²) in [5, 5.41) is 12.1. The van der Waals surface area contributed by atoms with Crippen LogP contribution >= 0.6 is 15.9 Å². The van der Waals surface area contributed by atoms with Crippen molar-refractivity contribution >= 4 is 15.9 Å². The van der Waals surface area contributed by atoms with Crippen molar-refractivity contribution in [1.29, 1.82) is 0 Å². The zero-order valence-corrected chi connectivity index (χ0v) is 29.2. The molecule has 6 rings (SSSR count). The first-order chi connectivity index (χ1) is 24.0. The van der Waals surface area contributed by atoms with Gasteiger partial charge >= 0.3 is 0 Å². The van der Waals surface area contributed by atoms with Crippen LogP contribution in [0.4, 0.5) is 0 Å². The second kappa shape index (κ2) is 17.8. The number of hydrogen-bond acceptors (Lipinski definition) is 6. The van der Waals surface area contributed by atoms with E-state index in [1.165, 1.54) is 0 Å². The van der Waals surface area contributed by atoms with Crippen LogP contribution in [0.15, 0.2) is 144 Å². The third kappa shape index (κ3) is 9.74. The maximum absolute atomic E-state index is 12.1. The molecule has 1 fully saturated rings. The summed E-state index contributed by atoms with van der Waals surface area (Å²) in [5.41, 5.74) is 5.82. The van der Waals surface area contributed by atoms with Crippen LogP contribution in [0.1, 0.15) is 39.5 Å². The van der Waals surface area contributed by atoms with Gasteiger partial charge in [0.15, 0.2) is 0 Å². The minimum absolute atomic E-state index is 0.230. The van der Waals surface area contributed by atoms with Crippen LogP contribution in [0, 0.1) is 6.92 Å². The lowest BCUT2D eigenvalue weighted by atomic mass is 9.88. The zero-order valence-electron chi connectivity index (χ0n) is 27.6. The maximum atomic E-state index is 12.1. The third-order valence-corrected chi connectivity index (χ3v) is 9.27. The summed E-state index contributed by atoms with van der Waals surface area (Å²) in [5.74, 6) is 0. The van der Waals surface area contributed by atoms with Gasteiger partial charge in [0.25, 0.3) is 0 Å². The summed E-state index contributed by atoms with van der Waals surface area (Å²) in [6, 6.07) is 46.0. The highest BCUT2D eigenvalue weighted by Gasteiger charge is 2.51. The second-order valence-corrected chi connectivity index (χ2v) is 13.3. The van der Waals surface area contributed by atoms with Crippen molar-refractivity contribution in [2.24, 2.45) is 0 Å². The highest BCUT2D eigenvalue weighted by molar-refractivity contribution is 9.10.